The predicted octanol–water partition coefficient (Wildman–Crippen LogP) is 3.05. The standard InChI is InChI=1S/C13H16BrN5/c1-2-3-8-7-12(8)19-13(16-17-18-19)9-4-5-10(14)11(15)6-9/h4-6,8,12H,2-3,7,15H2,1H3. The highest BCUT2D eigenvalue weighted by atomic mass is 79.9. The zero-order valence-electron chi connectivity index (χ0n) is 10.8. The van der Waals surface area contributed by atoms with Crippen molar-refractivity contribution in [2.75, 3.05) is 5.73 Å². The molecule has 100 valence electrons. The third kappa shape index (κ3) is 2.36. The molecule has 2 N–H and O–H groups in total. The van der Waals surface area contributed by atoms with Crippen molar-refractivity contribution in [1.82, 2.24) is 20.2 Å². The lowest BCUT2D eigenvalue weighted by Gasteiger charge is -2.05. The molecule has 1 aromatic carbocycles. The van der Waals surface area contributed by atoms with Crippen LogP contribution < -0.4 is 5.73 Å². The van der Waals surface area contributed by atoms with Crippen molar-refractivity contribution >= 4 is 21.6 Å². The molecule has 0 aliphatic heterocycles. The molecule has 2 aromatic rings. The molecule has 0 spiro atoms. The molecule has 1 aliphatic rings. The molecule has 19 heavy (non-hydrogen) atoms. The van der Waals surface area contributed by atoms with Gasteiger partial charge in [0.05, 0.1) is 6.04 Å². The Balaban J connectivity index is 1.90. The molecule has 2 atom stereocenters. The molecule has 3 rings (SSSR count). The number of hydrogen-bond acceptors (Lipinski definition) is 4. The highest BCUT2D eigenvalue weighted by Gasteiger charge is 2.40. The van der Waals surface area contributed by atoms with Crippen molar-refractivity contribution in [3.8, 4) is 11.4 Å². The summed E-state index contributed by atoms with van der Waals surface area (Å²) in [6.07, 6.45) is 3.63. The van der Waals surface area contributed by atoms with Crippen LogP contribution in [-0.2, 0) is 0 Å². The summed E-state index contributed by atoms with van der Waals surface area (Å²) in [5.41, 5.74) is 7.59. The van der Waals surface area contributed by atoms with E-state index in [4.69, 9.17) is 5.73 Å². The second-order valence-electron chi connectivity index (χ2n) is 5.04. The molecule has 5 nitrogen and oxygen atoms in total. The van der Waals surface area contributed by atoms with E-state index < -0.39 is 0 Å². The average molecular weight is 322 g/mol. The van der Waals surface area contributed by atoms with E-state index >= 15 is 0 Å². The summed E-state index contributed by atoms with van der Waals surface area (Å²) < 4.78 is 2.84. The molecule has 2 unspecified atom stereocenters. The van der Waals surface area contributed by atoms with E-state index in [0.29, 0.717) is 11.7 Å². The van der Waals surface area contributed by atoms with E-state index in [1.54, 1.807) is 0 Å². The Morgan fingerprint density at radius 3 is 3.05 bits per heavy atom. The fourth-order valence-corrected chi connectivity index (χ4v) is 2.75. The molecule has 0 saturated heterocycles. The predicted molar refractivity (Wildman–Crippen MR) is 77.4 cm³/mol. The van der Waals surface area contributed by atoms with Crippen LogP contribution in [0.5, 0.6) is 0 Å². The number of anilines is 1. The summed E-state index contributed by atoms with van der Waals surface area (Å²) in [6.45, 7) is 2.21. The van der Waals surface area contributed by atoms with Gasteiger partial charge in [-0.2, -0.15) is 0 Å². The minimum atomic E-state index is 0.454. The summed E-state index contributed by atoms with van der Waals surface area (Å²) in [7, 11) is 0. The Morgan fingerprint density at radius 1 is 1.47 bits per heavy atom. The van der Waals surface area contributed by atoms with Crippen LogP contribution in [0.25, 0.3) is 11.4 Å². The van der Waals surface area contributed by atoms with Gasteiger partial charge in [0.15, 0.2) is 5.82 Å². The molecule has 0 radical (unpaired) electrons. The van der Waals surface area contributed by atoms with Crippen molar-refractivity contribution in [2.45, 2.75) is 32.2 Å². The zero-order chi connectivity index (χ0) is 13.4. The van der Waals surface area contributed by atoms with Gasteiger partial charge in [0.1, 0.15) is 0 Å². The van der Waals surface area contributed by atoms with Gasteiger partial charge in [-0.05, 0) is 63.3 Å². The Hall–Kier alpha value is -1.43. The number of tetrazole rings is 1. The molecule has 0 amide bonds. The van der Waals surface area contributed by atoms with Crippen molar-refractivity contribution in [2.24, 2.45) is 5.92 Å². The minimum Gasteiger partial charge on any atom is -0.398 e. The molecule has 1 fully saturated rings. The highest BCUT2D eigenvalue weighted by molar-refractivity contribution is 9.10. The van der Waals surface area contributed by atoms with Crippen LogP contribution in [0, 0.1) is 5.92 Å². The molecule has 1 aliphatic carbocycles. The van der Waals surface area contributed by atoms with Gasteiger partial charge in [-0.1, -0.05) is 13.3 Å². The first-order valence-electron chi connectivity index (χ1n) is 6.54. The molecule has 1 saturated carbocycles. The SMILES string of the molecule is CCCC1CC1n1nnnc1-c1ccc(Br)c(N)c1. The molecule has 1 aromatic heterocycles. The first kappa shape index (κ1) is 12.6. The van der Waals surface area contributed by atoms with Gasteiger partial charge in [0.2, 0.25) is 0 Å². The van der Waals surface area contributed by atoms with Gasteiger partial charge < -0.3 is 5.73 Å². The summed E-state index contributed by atoms with van der Waals surface area (Å²) in [5, 5.41) is 12.1. The molecule has 0 bridgehead atoms. The fraction of sp³-hybridized carbons (Fsp3) is 0.462. The van der Waals surface area contributed by atoms with Crippen LogP contribution in [0.3, 0.4) is 0 Å². The normalized spacial score (nSPS) is 21.6. The van der Waals surface area contributed by atoms with Crippen LogP contribution in [-0.4, -0.2) is 20.2 Å². The van der Waals surface area contributed by atoms with Crippen LogP contribution in [0.2, 0.25) is 0 Å². The van der Waals surface area contributed by atoms with Crippen molar-refractivity contribution in [1.29, 1.82) is 0 Å². The number of nitrogen functional groups attached to an aromatic ring is 1. The maximum atomic E-state index is 5.92. The quantitative estimate of drug-likeness (QED) is 0.879. The highest BCUT2D eigenvalue weighted by Crippen LogP contribution is 2.47. The smallest absolute Gasteiger partial charge is 0.182 e. The van der Waals surface area contributed by atoms with E-state index in [1.807, 2.05) is 22.9 Å². The van der Waals surface area contributed by atoms with Gasteiger partial charge in [-0.25, -0.2) is 4.68 Å². The lowest BCUT2D eigenvalue weighted by molar-refractivity contribution is 0.548. The van der Waals surface area contributed by atoms with Crippen LogP contribution in [0.15, 0.2) is 22.7 Å². The topological polar surface area (TPSA) is 69.6 Å². The summed E-state index contributed by atoms with van der Waals surface area (Å²) >= 11 is 3.40. The second-order valence-corrected chi connectivity index (χ2v) is 5.89. The Labute approximate surface area is 120 Å². The molecular formula is C13H16BrN5. The summed E-state index contributed by atoms with van der Waals surface area (Å²) in [6, 6.07) is 6.28. The first-order chi connectivity index (χ1) is 9.20. The summed E-state index contributed by atoms with van der Waals surface area (Å²) in [5.74, 6) is 1.53. The zero-order valence-corrected chi connectivity index (χ0v) is 12.3. The second kappa shape index (κ2) is 4.92. The molecular weight excluding hydrogens is 306 g/mol. The van der Waals surface area contributed by atoms with E-state index in [0.717, 1.165) is 21.8 Å². The van der Waals surface area contributed by atoms with Gasteiger partial charge in [-0.3, -0.25) is 0 Å². The largest absolute Gasteiger partial charge is 0.398 e. The van der Waals surface area contributed by atoms with E-state index in [9.17, 15) is 0 Å². The van der Waals surface area contributed by atoms with Crippen molar-refractivity contribution < 1.29 is 0 Å². The average Bonchev–Trinajstić information content (AvgIpc) is 2.99. The Morgan fingerprint density at radius 2 is 2.32 bits per heavy atom. The maximum absolute atomic E-state index is 5.92. The van der Waals surface area contributed by atoms with Gasteiger partial charge in [0.25, 0.3) is 0 Å². The van der Waals surface area contributed by atoms with E-state index in [1.165, 1.54) is 19.3 Å². The monoisotopic (exact) mass is 321 g/mol. The van der Waals surface area contributed by atoms with E-state index in [2.05, 4.69) is 38.4 Å². The van der Waals surface area contributed by atoms with Gasteiger partial charge >= 0.3 is 0 Å². The number of hydrogen-bond donors (Lipinski definition) is 1. The number of aromatic nitrogens is 4. The molecule has 1 heterocycles. The number of nitrogens with two attached hydrogens (primary N) is 1. The number of halogens is 1. The number of nitrogens with zero attached hydrogens (tertiary/aromatic N) is 4. The number of benzene rings is 1. The summed E-state index contributed by atoms with van der Waals surface area (Å²) in [4.78, 5) is 0. The Kier molecular flexibility index (Phi) is 3.26. The van der Waals surface area contributed by atoms with Crippen LogP contribution in [0.1, 0.15) is 32.2 Å². The van der Waals surface area contributed by atoms with Crippen molar-refractivity contribution in [3.05, 3.63) is 22.7 Å². The van der Waals surface area contributed by atoms with Crippen molar-refractivity contribution in [3.63, 3.8) is 0 Å². The lowest BCUT2D eigenvalue weighted by atomic mass is 10.2. The van der Waals surface area contributed by atoms with Gasteiger partial charge in [0, 0.05) is 15.7 Å². The third-order valence-electron chi connectivity index (χ3n) is 3.61. The Bertz CT molecular complexity index is 594. The van der Waals surface area contributed by atoms with Crippen LogP contribution in [0.4, 0.5) is 5.69 Å². The fourth-order valence-electron chi connectivity index (χ4n) is 2.50. The third-order valence-corrected chi connectivity index (χ3v) is 4.33. The number of rotatable bonds is 4. The molecule has 6 heteroatoms. The van der Waals surface area contributed by atoms with E-state index in [-0.39, 0.29) is 0 Å². The lowest BCUT2D eigenvalue weighted by Crippen LogP contribution is -2.02. The minimum absolute atomic E-state index is 0.454. The first-order valence-corrected chi connectivity index (χ1v) is 7.33. The van der Waals surface area contributed by atoms with Gasteiger partial charge in [-0.15, -0.1) is 5.10 Å². The van der Waals surface area contributed by atoms with Crippen LogP contribution >= 0.6 is 15.9 Å². The maximum Gasteiger partial charge on any atom is 0.182 e.